The summed E-state index contributed by atoms with van der Waals surface area (Å²) in [5.74, 6) is 1.72. The van der Waals surface area contributed by atoms with Gasteiger partial charge in [-0.05, 0) is 35.9 Å². The van der Waals surface area contributed by atoms with Gasteiger partial charge in [-0.2, -0.15) is 0 Å². The molecule has 1 fully saturated rings. The summed E-state index contributed by atoms with van der Waals surface area (Å²) in [7, 11) is 1.71. The molecule has 1 saturated heterocycles. The molecule has 3 aromatic carbocycles. The summed E-state index contributed by atoms with van der Waals surface area (Å²) in [5.41, 5.74) is 3.97. The molecule has 0 N–H and O–H groups in total. The van der Waals surface area contributed by atoms with Gasteiger partial charge < -0.3 is 9.30 Å². The van der Waals surface area contributed by atoms with E-state index in [1.807, 2.05) is 42.5 Å². The average Bonchev–Trinajstić information content (AvgIpc) is 3.19. The molecule has 1 aromatic heterocycles. The molecule has 1 aliphatic heterocycles. The van der Waals surface area contributed by atoms with Gasteiger partial charge in [0.1, 0.15) is 17.4 Å². The zero-order chi connectivity index (χ0) is 22.6. The van der Waals surface area contributed by atoms with E-state index in [4.69, 9.17) is 9.72 Å². The molecule has 33 heavy (non-hydrogen) atoms. The van der Waals surface area contributed by atoms with Gasteiger partial charge in [-0.1, -0.05) is 42.5 Å². The second kappa shape index (κ2) is 9.73. The lowest BCUT2D eigenvalue weighted by Gasteiger charge is -2.34. The molecule has 0 spiro atoms. The minimum Gasteiger partial charge on any atom is -0.497 e. The minimum atomic E-state index is -0.174. The average molecular weight is 445 g/mol. The number of aromatic nitrogens is 2. The molecule has 4 aromatic rings. The van der Waals surface area contributed by atoms with Gasteiger partial charge in [0, 0.05) is 38.3 Å². The molecular formula is C27H29FN4O. The van der Waals surface area contributed by atoms with E-state index in [0.717, 1.165) is 61.9 Å². The van der Waals surface area contributed by atoms with Gasteiger partial charge in [-0.3, -0.25) is 9.80 Å². The van der Waals surface area contributed by atoms with E-state index >= 15 is 0 Å². The number of methoxy groups -OCH3 is 1. The first-order valence-corrected chi connectivity index (χ1v) is 11.4. The van der Waals surface area contributed by atoms with Crippen LogP contribution in [0, 0.1) is 5.82 Å². The van der Waals surface area contributed by atoms with Gasteiger partial charge in [-0.15, -0.1) is 0 Å². The first kappa shape index (κ1) is 21.6. The summed E-state index contributed by atoms with van der Waals surface area (Å²) >= 11 is 0. The maximum atomic E-state index is 14.4. The largest absolute Gasteiger partial charge is 0.497 e. The number of halogens is 1. The standard InChI is InChI=1S/C27H29FN4O/c1-33-23-9-6-7-21(17-23)18-30-13-15-31(16-14-30)20-27-29-25-11-4-5-12-26(25)32(27)19-22-8-2-3-10-24(22)28/h2-12,17H,13-16,18-20H2,1H3. The van der Waals surface area contributed by atoms with Gasteiger partial charge in [0.15, 0.2) is 0 Å². The number of rotatable bonds is 7. The van der Waals surface area contributed by atoms with Crippen molar-refractivity contribution in [2.45, 2.75) is 19.6 Å². The SMILES string of the molecule is COc1cccc(CN2CCN(Cc3nc4ccccc4n3Cc3ccccc3F)CC2)c1. The Hall–Kier alpha value is -3.22. The number of hydrogen-bond donors (Lipinski definition) is 0. The van der Waals surface area contributed by atoms with Crippen LogP contribution in [0.4, 0.5) is 4.39 Å². The zero-order valence-corrected chi connectivity index (χ0v) is 19.0. The van der Waals surface area contributed by atoms with Crippen LogP contribution in [0.15, 0.2) is 72.8 Å². The van der Waals surface area contributed by atoms with Crippen molar-refractivity contribution in [2.75, 3.05) is 33.3 Å². The van der Waals surface area contributed by atoms with Crippen LogP contribution < -0.4 is 4.74 Å². The fraction of sp³-hybridized carbons (Fsp3) is 0.296. The van der Waals surface area contributed by atoms with Crippen molar-refractivity contribution < 1.29 is 9.13 Å². The molecule has 0 unspecified atom stereocenters. The first-order chi connectivity index (χ1) is 16.2. The van der Waals surface area contributed by atoms with E-state index < -0.39 is 0 Å². The molecule has 2 heterocycles. The van der Waals surface area contributed by atoms with E-state index in [1.54, 1.807) is 13.2 Å². The lowest BCUT2D eigenvalue weighted by molar-refractivity contribution is 0.119. The predicted molar refractivity (Wildman–Crippen MR) is 129 cm³/mol. The number of imidazole rings is 1. The zero-order valence-electron chi connectivity index (χ0n) is 19.0. The molecule has 170 valence electrons. The third kappa shape index (κ3) is 4.92. The van der Waals surface area contributed by atoms with Gasteiger partial charge in [0.2, 0.25) is 0 Å². The van der Waals surface area contributed by atoms with E-state index in [0.29, 0.717) is 12.1 Å². The van der Waals surface area contributed by atoms with Crippen molar-refractivity contribution in [3.8, 4) is 5.75 Å². The smallest absolute Gasteiger partial charge is 0.128 e. The summed E-state index contributed by atoms with van der Waals surface area (Å²) in [5, 5.41) is 0. The second-order valence-electron chi connectivity index (χ2n) is 8.60. The Morgan fingerprint density at radius 3 is 2.33 bits per heavy atom. The molecular weight excluding hydrogens is 415 g/mol. The highest BCUT2D eigenvalue weighted by atomic mass is 19.1. The number of benzene rings is 3. The van der Waals surface area contributed by atoms with Crippen molar-refractivity contribution >= 4 is 11.0 Å². The highest BCUT2D eigenvalue weighted by Crippen LogP contribution is 2.21. The van der Waals surface area contributed by atoms with Gasteiger partial charge in [-0.25, -0.2) is 9.37 Å². The maximum absolute atomic E-state index is 14.4. The molecule has 0 radical (unpaired) electrons. The molecule has 0 saturated carbocycles. The number of hydrogen-bond acceptors (Lipinski definition) is 4. The van der Waals surface area contributed by atoms with Gasteiger partial charge in [0.05, 0.1) is 31.2 Å². The third-order valence-corrected chi connectivity index (χ3v) is 6.39. The number of ether oxygens (including phenoxy) is 1. The van der Waals surface area contributed by atoms with Crippen LogP contribution in [0.3, 0.4) is 0 Å². The van der Waals surface area contributed by atoms with Crippen molar-refractivity contribution in [3.05, 3.63) is 95.6 Å². The van der Waals surface area contributed by atoms with E-state index in [1.165, 1.54) is 11.6 Å². The number of piperazine rings is 1. The van der Waals surface area contributed by atoms with Gasteiger partial charge >= 0.3 is 0 Å². The van der Waals surface area contributed by atoms with E-state index in [9.17, 15) is 4.39 Å². The van der Waals surface area contributed by atoms with Crippen molar-refractivity contribution in [1.29, 1.82) is 0 Å². The maximum Gasteiger partial charge on any atom is 0.128 e. The lowest BCUT2D eigenvalue weighted by Crippen LogP contribution is -2.45. The van der Waals surface area contributed by atoms with Gasteiger partial charge in [0.25, 0.3) is 0 Å². The Balaban J connectivity index is 1.28. The minimum absolute atomic E-state index is 0.174. The molecule has 0 aliphatic carbocycles. The Kier molecular flexibility index (Phi) is 6.37. The molecule has 5 rings (SSSR count). The first-order valence-electron chi connectivity index (χ1n) is 11.4. The second-order valence-corrected chi connectivity index (χ2v) is 8.60. The quantitative estimate of drug-likeness (QED) is 0.419. The summed E-state index contributed by atoms with van der Waals surface area (Å²) < 4.78 is 21.9. The molecule has 0 amide bonds. The van der Waals surface area contributed by atoms with Crippen LogP contribution in [0.2, 0.25) is 0 Å². The summed E-state index contributed by atoms with van der Waals surface area (Å²) in [6, 6.07) is 23.4. The highest BCUT2D eigenvalue weighted by molar-refractivity contribution is 5.76. The number of nitrogens with zero attached hydrogens (tertiary/aromatic N) is 4. The fourth-order valence-electron chi connectivity index (χ4n) is 4.55. The predicted octanol–water partition coefficient (Wildman–Crippen LogP) is 4.55. The van der Waals surface area contributed by atoms with Crippen LogP contribution in [0.5, 0.6) is 5.75 Å². The Bertz CT molecular complexity index is 1230. The normalized spacial score (nSPS) is 15.2. The topological polar surface area (TPSA) is 33.5 Å². The molecule has 0 bridgehead atoms. The molecule has 1 aliphatic rings. The van der Waals surface area contributed by atoms with Crippen LogP contribution in [0.25, 0.3) is 11.0 Å². The number of fused-ring (bicyclic) bond motifs is 1. The van der Waals surface area contributed by atoms with E-state index in [2.05, 4.69) is 32.6 Å². The van der Waals surface area contributed by atoms with Crippen LogP contribution in [-0.2, 0) is 19.6 Å². The lowest BCUT2D eigenvalue weighted by atomic mass is 10.2. The fourth-order valence-corrected chi connectivity index (χ4v) is 4.55. The summed E-state index contributed by atoms with van der Waals surface area (Å²) in [6.07, 6.45) is 0. The highest BCUT2D eigenvalue weighted by Gasteiger charge is 2.20. The van der Waals surface area contributed by atoms with Crippen LogP contribution >= 0.6 is 0 Å². The molecule has 0 atom stereocenters. The molecule has 5 nitrogen and oxygen atoms in total. The van der Waals surface area contributed by atoms with Crippen LogP contribution in [-0.4, -0.2) is 52.6 Å². The van der Waals surface area contributed by atoms with E-state index in [-0.39, 0.29) is 5.82 Å². The Morgan fingerprint density at radius 1 is 0.818 bits per heavy atom. The van der Waals surface area contributed by atoms with Crippen molar-refractivity contribution in [1.82, 2.24) is 19.4 Å². The Morgan fingerprint density at radius 2 is 1.55 bits per heavy atom. The van der Waals surface area contributed by atoms with Crippen molar-refractivity contribution in [3.63, 3.8) is 0 Å². The van der Waals surface area contributed by atoms with Crippen molar-refractivity contribution in [2.24, 2.45) is 0 Å². The summed E-state index contributed by atoms with van der Waals surface area (Å²) in [4.78, 5) is 9.84. The monoisotopic (exact) mass is 444 g/mol. The molecule has 6 heteroatoms. The summed E-state index contributed by atoms with van der Waals surface area (Å²) in [6.45, 7) is 6.14. The number of para-hydroxylation sites is 2. The van der Waals surface area contributed by atoms with Crippen LogP contribution in [0.1, 0.15) is 17.0 Å². The Labute approximate surface area is 194 Å². The third-order valence-electron chi connectivity index (χ3n) is 6.39.